The molecular formula is C14H19N3S2. The summed E-state index contributed by atoms with van der Waals surface area (Å²) in [5, 5.41) is 0. The smallest absolute Gasteiger partial charge is 0.179 e. The first-order valence-corrected chi connectivity index (χ1v) is 8.38. The van der Waals surface area contributed by atoms with E-state index in [-0.39, 0.29) is 0 Å². The number of imidazole rings is 1. The monoisotopic (exact) mass is 293 g/mol. The van der Waals surface area contributed by atoms with Gasteiger partial charge in [-0.1, -0.05) is 12.8 Å². The fraction of sp³-hybridized carbons (Fsp3) is 0.571. The van der Waals surface area contributed by atoms with Crippen molar-refractivity contribution in [1.82, 2.24) is 14.5 Å². The molecule has 3 rings (SSSR count). The van der Waals surface area contributed by atoms with E-state index in [0.29, 0.717) is 4.75 Å². The normalized spacial score (nSPS) is 18.2. The van der Waals surface area contributed by atoms with Crippen LogP contribution in [0.15, 0.2) is 12.3 Å². The van der Waals surface area contributed by atoms with E-state index < -0.39 is 0 Å². The summed E-state index contributed by atoms with van der Waals surface area (Å²) in [6.07, 6.45) is 9.34. The second kappa shape index (κ2) is 4.94. The standard InChI is InChI=1S/C14H19N3S2/c1-10-5-8-15-12-11(10)16-13(18)17(12)9-14(19-2)6-3-4-7-14/h5,8H,3-4,6-7,9H2,1-2H3,(H,16,18). The van der Waals surface area contributed by atoms with Gasteiger partial charge in [0, 0.05) is 17.5 Å². The molecule has 0 radical (unpaired) electrons. The van der Waals surface area contributed by atoms with Gasteiger partial charge in [-0.15, -0.1) is 0 Å². The molecule has 1 saturated carbocycles. The summed E-state index contributed by atoms with van der Waals surface area (Å²) in [6.45, 7) is 3.07. The van der Waals surface area contributed by atoms with Crippen LogP contribution in [0.1, 0.15) is 31.2 Å². The number of thioether (sulfide) groups is 1. The maximum Gasteiger partial charge on any atom is 0.179 e. The van der Waals surface area contributed by atoms with Gasteiger partial charge in [0.05, 0.1) is 5.52 Å². The summed E-state index contributed by atoms with van der Waals surface area (Å²) in [4.78, 5) is 7.84. The van der Waals surface area contributed by atoms with Crippen molar-refractivity contribution in [1.29, 1.82) is 0 Å². The number of nitrogens with zero attached hydrogens (tertiary/aromatic N) is 2. The molecule has 0 atom stereocenters. The van der Waals surface area contributed by atoms with Crippen LogP contribution in [0, 0.1) is 11.7 Å². The topological polar surface area (TPSA) is 33.6 Å². The molecule has 0 amide bonds. The van der Waals surface area contributed by atoms with Crippen molar-refractivity contribution in [3.05, 3.63) is 22.6 Å². The van der Waals surface area contributed by atoms with Crippen LogP contribution >= 0.6 is 24.0 Å². The van der Waals surface area contributed by atoms with Crippen LogP contribution in [0.2, 0.25) is 0 Å². The fourth-order valence-electron chi connectivity index (χ4n) is 3.05. The van der Waals surface area contributed by atoms with Gasteiger partial charge in [0.1, 0.15) is 0 Å². The highest BCUT2D eigenvalue weighted by molar-refractivity contribution is 8.00. The lowest BCUT2D eigenvalue weighted by molar-refractivity contribution is 0.508. The number of aryl methyl sites for hydroxylation is 1. The van der Waals surface area contributed by atoms with Gasteiger partial charge in [0.15, 0.2) is 10.4 Å². The van der Waals surface area contributed by atoms with Gasteiger partial charge in [-0.25, -0.2) is 4.98 Å². The van der Waals surface area contributed by atoms with Gasteiger partial charge in [0.25, 0.3) is 0 Å². The van der Waals surface area contributed by atoms with Gasteiger partial charge >= 0.3 is 0 Å². The minimum Gasteiger partial charge on any atom is -0.329 e. The molecule has 5 heteroatoms. The molecule has 2 aromatic rings. The number of H-pyrrole nitrogens is 1. The summed E-state index contributed by atoms with van der Waals surface area (Å²) >= 11 is 7.49. The van der Waals surface area contributed by atoms with Crippen LogP contribution in [0.3, 0.4) is 0 Å². The Labute approximate surface area is 122 Å². The minimum absolute atomic E-state index is 0.346. The average molecular weight is 293 g/mol. The van der Waals surface area contributed by atoms with Crippen LogP contribution < -0.4 is 0 Å². The van der Waals surface area contributed by atoms with Crippen molar-refractivity contribution in [3.8, 4) is 0 Å². The number of pyridine rings is 1. The first-order valence-electron chi connectivity index (χ1n) is 6.74. The van der Waals surface area contributed by atoms with E-state index in [0.717, 1.165) is 22.5 Å². The lowest BCUT2D eigenvalue weighted by atomic mass is 10.1. The van der Waals surface area contributed by atoms with Crippen LogP contribution in [0.5, 0.6) is 0 Å². The van der Waals surface area contributed by atoms with E-state index >= 15 is 0 Å². The number of nitrogens with one attached hydrogen (secondary N) is 1. The molecule has 1 aliphatic carbocycles. The zero-order valence-electron chi connectivity index (χ0n) is 11.4. The Morgan fingerprint density at radius 2 is 2.21 bits per heavy atom. The van der Waals surface area contributed by atoms with Gasteiger partial charge in [-0.05, 0) is 49.9 Å². The summed E-state index contributed by atoms with van der Waals surface area (Å²) in [7, 11) is 0. The second-order valence-electron chi connectivity index (χ2n) is 5.44. The Morgan fingerprint density at radius 1 is 1.47 bits per heavy atom. The highest BCUT2D eigenvalue weighted by Crippen LogP contribution is 2.42. The van der Waals surface area contributed by atoms with Gasteiger partial charge < -0.3 is 9.55 Å². The second-order valence-corrected chi connectivity index (χ2v) is 7.10. The SMILES string of the molecule is CSC1(Cn2c(=S)[nH]c3c(C)ccnc32)CCCC1. The van der Waals surface area contributed by atoms with E-state index in [1.807, 2.05) is 24.0 Å². The quantitative estimate of drug-likeness (QED) is 0.866. The Kier molecular flexibility index (Phi) is 3.43. The number of aromatic nitrogens is 3. The molecule has 0 bridgehead atoms. The van der Waals surface area contributed by atoms with E-state index in [9.17, 15) is 0 Å². The van der Waals surface area contributed by atoms with Gasteiger partial charge in [-0.3, -0.25) is 0 Å². The summed E-state index contributed by atoms with van der Waals surface area (Å²) in [5.74, 6) is 0. The maximum atomic E-state index is 5.50. The molecule has 2 heterocycles. The van der Waals surface area contributed by atoms with Crippen molar-refractivity contribution < 1.29 is 0 Å². The Morgan fingerprint density at radius 3 is 2.89 bits per heavy atom. The zero-order chi connectivity index (χ0) is 13.5. The number of rotatable bonds is 3. The van der Waals surface area contributed by atoms with E-state index in [2.05, 4.69) is 27.7 Å². The van der Waals surface area contributed by atoms with Crippen LogP contribution in [0.4, 0.5) is 0 Å². The number of aromatic amines is 1. The van der Waals surface area contributed by atoms with E-state index in [1.54, 1.807) is 0 Å². The molecule has 1 aliphatic rings. The lowest BCUT2D eigenvalue weighted by Gasteiger charge is -2.27. The maximum absolute atomic E-state index is 5.50. The number of fused-ring (bicyclic) bond motifs is 1. The van der Waals surface area contributed by atoms with E-state index in [1.165, 1.54) is 31.2 Å². The molecule has 102 valence electrons. The lowest BCUT2D eigenvalue weighted by Crippen LogP contribution is -2.27. The van der Waals surface area contributed by atoms with Gasteiger partial charge in [-0.2, -0.15) is 11.8 Å². The van der Waals surface area contributed by atoms with Crippen molar-refractivity contribution in [3.63, 3.8) is 0 Å². The van der Waals surface area contributed by atoms with Crippen molar-refractivity contribution in [2.75, 3.05) is 6.26 Å². The Balaban J connectivity index is 2.08. The zero-order valence-corrected chi connectivity index (χ0v) is 13.0. The Hall–Kier alpha value is -0.810. The predicted octanol–water partition coefficient (Wildman–Crippen LogP) is 4.08. The molecule has 0 spiro atoms. The minimum atomic E-state index is 0.346. The third-order valence-corrected chi connectivity index (χ3v) is 5.99. The molecule has 0 aromatic carbocycles. The third kappa shape index (κ3) is 2.23. The molecule has 1 fully saturated rings. The molecule has 0 aliphatic heterocycles. The van der Waals surface area contributed by atoms with Crippen molar-refractivity contribution in [2.24, 2.45) is 0 Å². The highest BCUT2D eigenvalue weighted by Gasteiger charge is 2.34. The first kappa shape index (κ1) is 13.2. The van der Waals surface area contributed by atoms with Crippen LogP contribution in [0.25, 0.3) is 11.2 Å². The van der Waals surface area contributed by atoms with Crippen LogP contribution in [-0.4, -0.2) is 25.5 Å². The number of hydrogen-bond acceptors (Lipinski definition) is 3. The molecule has 0 unspecified atom stereocenters. The van der Waals surface area contributed by atoms with Crippen molar-refractivity contribution in [2.45, 2.75) is 43.9 Å². The molecule has 2 aromatic heterocycles. The van der Waals surface area contributed by atoms with Crippen molar-refractivity contribution >= 4 is 35.1 Å². The molecule has 3 nitrogen and oxygen atoms in total. The average Bonchev–Trinajstić information content (AvgIpc) is 2.99. The highest BCUT2D eigenvalue weighted by atomic mass is 32.2. The molecule has 1 N–H and O–H groups in total. The number of hydrogen-bond donors (Lipinski definition) is 1. The third-order valence-electron chi connectivity index (χ3n) is 4.27. The fourth-order valence-corrected chi connectivity index (χ4v) is 4.26. The Bertz CT molecular complexity index is 650. The largest absolute Gasteiger partial charge is 0.329 e. The molecule has 0 saturated heterocycles. The van der Waals surface area contributed by atoms with Gasteiger partial charge in [0.2, 0.25) is 0 Å². The van der Waals surface area contributed by atoms with E-state index in [4.69, 9.17) is 12.2 Å². The summed E-state index contributed by atoms with van der Waals surface area (Å²) in [6, 6.07) is 2.03. The summed E-state index contributed by atoms with van der Waals surface area (Å²) in [5.41, 5.74) is 3.30. The summed E-state index contributed by atoms with van der Waals surface area (Å²) < 4.78 is 3.34. The molecule has 19 heavy (non-hydrogen) atoms. The molecular weight excluding hydrogens is 274 g/mol. The first-order chi connectivity index (χ1) is 9.15. The van der Waals surface area contributed by atoms with Crippen LogP contribution in [-0.2, 0) is 6.54 Å². The predicted molar refractivity (Wildman–Crippen MR) is 84.4 cm³/mol.